The molecule has 0 fully saturated rings. The van der Waals surface area contributed by atoms with Gasteiger partial charge in [0.1, 0.15) is 0 Å². The number of nitrogens with zero attached hydrogens (tertiary/aromatic N) is 10. The Kier molecular flexibility index (Phi) is 14.0. The van der Waals surface area contributed by atoms with Crippen LogP contribution in [0.5, 0.6) is 0 Å². The number of rotatable bonds is 12. The van der Waals surface area contributed by atoms with Gasteiger partial charge in [0, 0.05) is 87.8 Å². The van der Waals surface area contributed by atoms with E-state index in [4.69, 9.17) is 29.9 Å². The summed E-state index contributed by atoms with van der Waals surface area (Å²) < 4.78 is 9.53. The highest BCUT2D eigenvalue weighted by atomic mass is 15.1. The van der Waals surface area contributed by atoms with Crippen LogP contribution >= 0.6 is 0 Å². The van der Waals surface area contributed by atoms with Crippen molar-refractivity contribution in [3.63, 3.8) is 0 Å². The van der Waals surface area contributed by atoms with Crippen LogP contribution in [0, 0.1) is 0 Å². The molecule has 0 aliphatic carbocycles. The Bertz CT molecular complexity index is 6960. The van der Waals surface area contributed by atoms with Gasteiger partial charge in [0.25, 0.3) is 0 Å². The van der Waals surface area contributed by atoms with Crippen LogP contribution in [0.25, 0.3) is 201 Å². The monoisotopic (exact) mass is 1350 g/mol. The van der Waals surface area contributed by atoms with Gasteiger partial charge < -0.3 is 18.3 Å². The first-order valence-corrected chi connectivity index (χ1v) is 35.7. The fourth-order valence-electron chi connectivity index (χ4n) is 16.0. The van der Waals surface area contributed by atoms with E-state index >= 15 is 0 Å². The third-order valence-electron chi connectivity index (χ3n) is 20.9. The van der Waals surface area contributed by atoms with Crippen LogP contribution in [0.15, 0.2) is 364 Å². The molecule has 0 aliphatic rings. The third kappa shape index (κ3) is 9.95. The van der Waals surface area contributed by atoms with Gasteiger partial charge in [0.05, 0.1) is 55.5 Å². The molecule has 0 bridgehead atoms. The second kappa shape index (κ2) is 24.7. The minimum absolute atomic E-state index is 0.562. The molecule has 0 saturated heterocycles. The second-order valence-corrected chi connectivity index (χ2v) is 27.0. The van der Waals surface area contributed by atoms with E-state index < -0.39 is 0 Å². The zero-order chi connectivity index (χ0) is 69.8. The molecule has 0 atom stereocenters. The van der Waals surface area contributed by atoms with Gasteiger partial charge in [-0.15, -0.1) is 0 Å². The van der Waals surface area contributed by atoms with E-state index in [1.807, 2.05) is 54.6 Å². The Balaban J connectivity index is 0.706. The van der Waals surface area contributed by atoms with E-state index in [0.717, 1.165) is 133 Å². The molecule has 0 spiro atoms. The molecule has 0 unspecified atom stereocenters. The van der Waals surface area contributed by atoms with E-state index in [1.54, 1.807) is 0 Å². The van der Waals surface area contributed by atoms with E-state index in [-0.39, 0.29) is 0 Å². The Labute approximate surface area is 609 Å². The number of fused-ring (bicyclic) bond motifs is 12. The van der Waals surface area contributed by atoms with Crippen LogP contribution in [-0.2, 0) is 0 Å². The summed E-state index contributed by atoms with van der Waals surface area (Å²) in [5, 5.41) is 9.30. The molecule has 6 aromatic heterocycles. The molecule has 0 N–H and O–H groups in total. The average molecular weight is 1350 g/mol. The summed E-state index contributed by atoms with van der Waals surface area (Å²) in [5.74, 6) is 3.45. The van der Waals surface area contributed by atoms with Crippen molar-refractivity contribution in [2.75, 3.05) is 0 Å². The van der Waals surface area contributed by atoms with E-state index in [1.165, 1.54) is 32.6 Å². The van der Waals surface area contributed by atoms with Crippen molar-refractivity contribution in [1.82, 2.24) is 48.2 Å². The molecule has 0 saturated carbocycles. The zero-order valence-electron chi connectivity index (χ0n) is 57.1. The first-order valence-electron chi connectivity index (χ1n) is 35.7. The fraction of sp³-hybridized carbons (Fsp3) is 0. The van der Waals surface area contributed by atoms with Crippen LogP contribution < -0.4 is 0 Å². The van der Waals surface area contributed by atoms with Crippen molar-refractivity contribution < 1.29 is 0 Å². The SMILES string of the molecule is c1ccc(-c2nc(-c3cccc(-c4ccc5c(c4)c4ccccc4n5-c4cc(-n5c6ccccc6c6ccccc65)ccc4-c4nc(-c5ccccc5)nc(-c5ccccc5)n4)c3)nc(-c3ccccc3-n3c4ccccc4c4ccc(-c5ccc6c(c5)c5ccccc5n6-c5ccccc5)cc43)n2)cc1. The largest absolute Gasteiger partial charge is 0.309 e. The quantitative estimate of drug-likeness (QED) is 0.121. The number of hydrogen-bond donors (Lipinski definition) is 0. The van der Waals surface area contributed by atoms with Crippen molar-refractivity contribution in [3.05, 3.63) is 364 Å². The van der Waals surface area contributed by atoms with Gasteiger partial charge in [-0.05, 0) is 131 Å². The molecule has 6 heterocycles. The smallest absolute Gasteiger partial charge is 0.166 e. The van der Waals surface area contributed by atoms with Crippen molar-refractivity contribution in [1.29, 1.82) is 0 Å². The summed E-state index contributed by atoms with van der Waals surface area (Å²) in [4.78, 5) is 32.1. The summed E-state index contributed by atoms with van der Waals surface area (Å²) in [6.07, 6.45) is 0. The predicted molar refractivity (Wildman–Crippen MR) is 434 cm³/mol. The van der Waals surface area contributed by atoms with Crippen molar-refractivity contribution in [3.8, 4) is 113 Å². The van der Waals surface area contributed by atoms with Gasteiger partial charge in [-0.1, -0.05) is 255 Å². The van der Waals surface area contributed by atoms with Gasteiger partial charge >= 0.3 is 0 Å². The second-order valence-electron chi connectivity index (χ2n) is 27.0. The summed E-state index contributed by atoms with van der Waals surface area (Å²) in [7, 11) is 0. The first kappa shape index (κ1) is 60.3. The highest BCUT2D eigenvalue weighted by molar-refractivity contribution is 6.15. The summed E-state index contributed by atoms with van der Waals surface area (Å²) in [6.45, 7) is 0. The molecule has 10 nitrogen and oxygen atoms in total. The highest BCUT2D eigenvalue weighted by Crippen LogP contribution is 2.44. The summed E-state index contributed by atoms with van der Waals surface area (Å²) in [5.41, 5.74) is 22.4. The Morgan fingerprint density at radius 2 is 0.481 bits per heavy atom. The van der Waals surface area contributed by atoms with Crippen molar-refractivity contribution in [2.24, 2.45) is 0 Å². The predicted octanol–water partition coefficient (Wildman–Crippen LogP) is 23.8. The molecule has 0 radical (unpaired) electrons. The number of benzene rings is 15. The van der Waals surface area contributed by atoms with Gasteiger partial charge in [0.15, 0.2) is 34.9 Å². The topological polar surface area (TPSA) is 97.1 Å². The average Bonchev–Trinajstić information content (AvgIpc) is 1.57. The Hall–Kier alpha value is -14.5. The molecular weight excluding hydrogens is 1290 g/mol. The van der Waals surface area contributed by atoms with Gasteiger partial charge in [-0.2, -0.15) is 0 Å². The molecule has 10 heteroatoms. The number of para-hydroxylation sites is 7. The van der Waals surface area contributed by atoms with Crippen LogP contribution in [-0.4, -0.2) is 48.2 Å². The molecular formula is C96H60N10. The zero-order valence-corrected chi connectivity index (χ0v) is 57.1. The lowest BCUT2D eigenvalue weighted by Crippen LogP contribution is -2.05. The molecule has 21 rings (SSSR count). The minimum atomic E-state index is 0.562. The van der Waals surface area contributed by atoms with Crippen molar-refractivity contribution >= 4 is 87.2 Å². The number of hydrogen-bond acceptors (Lipinski definition) is 6. The Morgan fingerprint density at radius 3 is 1.00 bits per heavy atom. The lowest BCUT2D eigenvalue weighted by atomic mass is 10.0. The standard InChI is InChI=1S/C96H60N10/c1-5-26-61(27-6-1)91-97-92(62-28-7-2-8-29-62)101-96(100-91)78-53-51-70(104-81-42-19-13-36-71(81)72-37-14-20-43-82(72)104)60-90(78)106-85-46-23-17-40-75(85)80-57-65(50-55-88(80)106)64-32-25-33-68(56-64)94-98-93(63-30-9-3-10-31-63)99-95(102-94)77-41-18-24-47-86(77)105-84-45-22-15-38-73(84)76-52-48-67(59-89(76)105)66-49-54-87-79(58-66)74-39-16-21-44-83(74)103(87)69-34-11-4-12-35-69/h1-60H. The third-order valence-corrected chi connectivity index (χ3v) is 20.9. The van der Waals surface area contributed by atoms with Crippen LogP contribution in [0.2, 0.25) is 0 Å². The molecule has 494 valence electrons. The maximum Gasteiger partial charge on any atom is 0.166 e. The number of aromatic nitrogens is 10. The maximum absolute atomic E-state index is 5.52. The van der Waals surface area contributed by atoms with Gasteiger partial charge in [0.2, 0.25) is 0 Å². The normalized spacial score (nSPS) is 11.8. The molecule has 0 amide bonds. The highest BCUT2D eigenvalue weighted by Gasteiger charge is 2.25. The van der Waals surface area contributed by atoms with Gasteiger partial charge in [-0.25, -0.2) is 29.9 Å². The van der Waals surface area contributed by atoms with E-state index in [9.17, 15) is 0 Å². The summed E-state index contributed by atoms with van der Waals surface area (Å²) in [6, 6.07) is 129. The maximum atomic E-state index is 5.52. The molecule has 106 heavy (non-hydrogen) atoms. The molecule has 0 aliphatic heterocycles. The minimum Gasteiger partial charge on any atom is -0.309 e. The molecule has 15 aromatic carbocycles. The fourth-order valence-corrected chi connectivity index (χ4v) is 16.0. The van der Waals surface area contributed by atoms with Crippen LogP contribution in [0.1, 0.15) is 0 Å². The lowest BCUT2D eigenvalue weighted by Gasteiger charge is -2.17. The van der Waals surface area contributed by atoms with Gasteiger partial charge in [-0.3, -0.25) is 0 Å². The van der Waals surface area contributed by atoms with E-state index in [2.05, 4.69) is 328 Å². The summed E-state index contributed by atoms with van der Waals surface area (Å²) >= 11 is 0. The van der Waals surface area contributed by atoms with E-state index in [0.29, 0.717) is 34.9 Å². The van der Waals surface area contributed by atoms with Crippen molar-refractivity contribution in [2.45, 2.75) is 0 Å². The first-order chi connectivity index (χ1) is 52.6. The lowest BCUT2D eigenvalue weighted by molar-refractivity contribution is 1.06. The van der Waals surface area contributed by atoms with Crippen LogP contribution in [0.3, 0.4) is 0 Å². The van der Waals surface area contributed by atoms with Crippen LogP contribution in [0.4, 0.5) is 0 Å². The molecule has 21 aromatic rings. The Morgan fingerprint density at radius 1 is 0.151 bits per heavy atom.